The Labute approximate surface area is 141 Å². The van der Waals surface area contributed by atoms with Crippen LogP contribution in [0.4, 0.5) is 11.6 Å². The predicted octanol–water partition coefficient (Wildman–Crippen LogP) is 3.06. The predicted molar refractivity (Wildman–Crippen MR) is 89.0 cm³/mol. The van der Waals surface area contributed by atoms with E-state index >= 15 is 0 Å². The minimum absolute atomic E-state index is 0.00570. The minimum Gasteiger partial charge on any atom is -0.454 e. The van der Waals surface area contributed by atoms with E-state index in [-0.39, 0.29) is 17.5 Å². The quantitative estimate of drug-likeness (QED) is 0.522. The van der Waals surface area contributed by atoms with Crippen molar-refractivity contribution in [2.75, 3.05) is 18.2 Å². The lowest BCUT2D eigenvalue weighted by Crippen LogP contribution is -2.23. The molecule has 8 nitrogen and oxygen atoms in total. The van der Waals surface area contributed by atoms with Crippen LogP contribution in [0.25, 0.3) is 4.96 Å². The maximum atomic E-state index is 11.5. The Kier molecular flexibility index (Phi) is 3.49. The summed E-state index contributed by atoms with van der Waals surface area (Å²) in [5, 5.41) is 13.3. The number of anilines is 1. The molecule has 0 N–H and O–H groups in total. The average Bonchev–Trinajstić information content (AvgIpc) is 3.26. The van der Waals surface area contributed by atoms with Crippen molar-refractivity contribution in [2.45, 2.75) is 13.5 Å². The lowest BCUT2D eigenvalue weighted by atomic mass is 10.2. The lowest BCUT2D eigenvalue weighted by Gasteiger charge is -2.20. The molecule has 1 aromatic carbocycles. The first-order valence-electron chi connectivity index (χ1n) is 7.40. The Morgan fingerprint density at radius 1 is 1.42 bits per heavy atom. The lowest BCUT2D eigenvalue weighted by molar-refractivity contribution is -0.389. The van der Waals surface area contributed by atoms with Gasteiger partial charge in [0.1, 0.15) is 6.20 Å². The Morgan fingerprint density at radius 2 is 2.25 bits per heavy atom. The summed E-state index contributed by atoms with van der Waals surface area (Å²) in [7, 11) is 0. The summed E-state index contributed by atoms with van der Waals surface area (Å²) >= 11 is 1.37. The third kappa shape index (κ3) is 2.33. The number of imidazole rings is 1. The highest BCUT2D eigenvalue weighted by Gasteiger charge is 2.27. The summed E-state index contributed by atoms with van der Waals surface area (Å²) in [6, 6.07) is 5.68. The highest BCUT2D eigenvalue weighted by molar-refractivity contribution is 7.15. The van der Waals surface area contributed by atoms with Gasteiger partial charge < -0.3 is 24.5 Å². The van der Waals surface area contributed by atoms with E-state index in [1.807, 2.05) is 30.0 Å². The third-order valence-electron chi connectivity index (χ3n) is 3.88. The Hall–Kier alpha value is -2.81. The number of hydrogen-bond acceptors (Lipinski definition) is 7. The molecule has 1 aliphatic rings. The first-order valence-corrected chi connectivity index (χ1v) is 8.28. The van der Waals surface area contributed by atoms with Gasteiger partial charge in [0.05, 0.1) is 0 Å². The monoisotopic (exact) mass is 346 g/mol. The molecule has 124 valence electrons. The molecule has 0 saturated heterocycles. The van der Waals surface area contributed by atoms with Crippen molar-refractivity contribution in [3.63, 3.8) is 0 Å². The molecule has 9 heteroatoms. The molecule has 0 radical (unpaired) electrons. The van der Waals surface area contributed by atoms with Crippen LogP contribution in [0.3, 0.4) is 0 Å². The number of nitro groups is 1. The second-order valence-corrected chi connectivity index (χ2v) is 6.15. The summed E-state index contributed by atoms with van der Waals surface area (Å²) in [6.45, 7) is 3.27. The van der Waals surface area contributed by atoms with E-state index in [0.29, 0.717) is 29.6 Å². The summed E-state index contributed by atoms with van der Waals surface area (Å²) in [5.41, 5.74) is 0.978. The first-order chi connectivity index (χ1) is 11.7. The van der Waals surface area contributed by atoms with Gasteiger partial charge in [0.15, 0.2) is 11.5 Å². The van der Waals surface area contributed by atoms with Crippen LogP contribution in [0.15, 0.2) is 29.8 Å². The zero-order valence-corrected chi connectivity index (χ0v) is 13.7. The van der Waals surface area contributed by atoms with Crippen LogP contribution in [-0.4, -0.2) is 27.6 Å². The second-order valence-electron chi connectivity index (χ2n) is 5.27. The second kappa shape index (κ2) is 5.68. The van der Waals surface area contributed by atoms with Gasteiger partial charge in [-0.15, -0.1) is 0 Å². The normalized spacial score (nSPS) is 12.7. The van der Waals surface area contributed by atoms with Gasteiger partial charge in [0.25, 0.3) is 4.96 Å². The van der Waals surface area contributed by atoms with Gasteiger partial charge in [0, 0.05) is 18.5 Å². The maximum absolute atomic E-state index is 11.5. The van der Waals surface area contributed by atoms with Crippen LogP contribution >= 0.6 is 11.3 Å². The molecule has 0 unspecified atom stereocenters. The van der Waals surface area contributed by atoms with Crippen molar-refractivity contribution in [3.8, 4) is 11.5 Å². The van der Waals surface area contributed by atoms with Crippen LogP contribution < -0.4 is 14.4 Å². The van der Waals surface area contributed by atoms with Gasteiger partial charge in [0.2, 0.25) is 12.6 Å². The van der Waals surface area contributed by atoms with Gasteiger partial charge in [-0.2, -0.15) is 9.38 Å². The Balaban J connectivity index is 1.70. The minimum atomic E-state index is -0.385. The molecule has 0 atom stereocenters. The number of aromatic nitrogens is 2. The van der Waals surface area contributed by atoms with Gasteiger partial charge in [-0.3, -0.25) is 0 Å². The Morgan fingerprint density at radius 3 is 3.04 bits per heavy atom. The highest BCUT2D eigenvalue weighted by Crippen LogP contribution is 2.35. The summed E-state index contributed by atoms with van der Waals surface area (Å²) in [6.07, 6.45) is 1.67. The van der Waals surface area contributed by atoms with E-state index in [0.717, 1.165) is 11.3 Å². The molecule has 0 bridgehead atoms. The maximum Gasteiger partial charge on any atom is 0.373 e. The number of hydrogen-bond donors (Lipinski definition) is 0. The largest absolute Gasteiger partial charge is 0.454 e. The zero-order valence-electron chi connectivity index (χ0n) is 12.8. The van der Waals surface area contributed by atoms with E-state index in [4.69, 9.17) is 9.47 Å². The zero-order chi connectivity index (χ0) is 16.7. The fourth-order valence-corrected chi connectivity index (χ4v) is 3.44. The third-order valence-corrected chi connectivity index (χ3v) is 4.64. The molecular weight excluding hydrogens is 332 g/mol. The molecule has 1 aliphatic heterocycles. The van der Waals surface area contributed by atoms with E-state index in [9.17, 15) is 10.1 Å². The summed E-state index contributed by atoms with van der Waals surface area (Å²) in [4.78, 5) is 18.1. The molecule has 24 heavy (non-hydrogen) atoms. The molecule has 0 fully saturated rings. The van der Waals surface area contributed by atoms with Gasteiger partial charge >= 0.3 is 5.82 Å². The SMILES string of the molecule is CCN(Cc1ccc2c(c1)OCO2)c1nc2sccn2c1[N+](=O)[O-]. The fraction of sp³-hybridized carbons (Fsp3) is 0.267. The van der Waals surface area contributed by atoms with Crippen molar-refractivity contribution in [1.82, 2.24) is 9.38 Å². The fourth-order valence-electron chi connectivity index (χ4n) is 2.74. The molecule has 0 aliphatic carbocycles. The summed E-state index contributed by atoms with van der Waals surface area (Å²) in [5.74, 6) is 1.79. The smallest absolute Gasteiger partial charge is 0.373 e. The molecule has 3 aromatic rings. The van der Waals surface area contributed by atoms with Crippen LogP contribution in [-0.2, 0) is 6.54 Å². The number of benzene rings is 1. The molecule has 2 aromatic heterocycles. The van der Waals surface area contributed by atoms with Gasteiger partial charge in [-0.25, -0.2) is 0 Å². The number of ether oxygens (including phenoxy) is 2. The van der Waals surface area contributed by atoms with Crippen molar-refractivity contribution in [2.24, 2.45) is 0 Å². The molecule has 4 rings (SSSR count). The van der Waals surface area contributed by atoms with E-state index in [1.54, 1.807) is 11.6 Å². The van der Waals surface area contributed by atoms with E-state index < -0.39 is 0 Å². The van der Waals surface area contributed by atoms with Gasteiger partial charge in [-0.1, -0.05) is 17.4 Å². The van der Waals surface area contributed by atoms with Crippen LogP contribution in [0.1, 0.15) is 12.5 Å². The topological polar surface area (TPSA) is 82.1 Å². The number of thiazole rings is 1. The highest BCUT2D eigenvalue weighted by atomic mass is 32.1. The van der Waals surface area contributed by atoms with Crippen molar-refractivity contribution in [1.29, 1.82) is 0 Å². The average molecular weight is 346 g/mol. The van der Waals surface area contributed by atoms with Crippen LogP contribution in [0.5, 0.6) is 11.5 Å². The van der Waals surface area contributed by atoms with Gasteiger partial charge in [-0.05, 0) is 29.5 Å². The van der Waals surface area contributed by atoms with Crippen LogP contribution in [0, 0.1) is 10.1 Å². The Bertz CT molecular complexity index is 919. The first kappa shape index (κ1) is 14.8. The van der Waals surface area contributed by atoms with Crippen molar-refractivity contribution >= 4 is 27.9 Å². The van der Waals surface area contributed by atoms with Crippen molar-refractivity contribution < 1.29 is 14.4 Å². The number of fused-ring (bicyclic) bond motifs is 2. The number of rotatable bonds is 5. The number of nitrogens with zero attached hydrogens (tertiary/aromatic N) is 4. The molecular formula is C15H14N4O4S. The molecule has 0 saturated carbocycles. The summed E-state index contributed by atoms with van der Waals surface area (Å²) < 4.78 is 12.2. The van der Waals surface area contributed by atoms with E-state index in [2.05, 4.69) is 4.98 Å². The molecule has 0 amide bonds. The molecule has 3 heterocycles. The van der Waals surface area contributed by atoms with Crippen LogP contribution in [0.2, 0.25) is 0 Å². The standard InChI is InChI=1S/C15H14N4O4S/c1-2-17(8-10-3-4-11-12(7-10)23-9-22-11)13-14(19(20)21)18-5-6-24-15(18)16-13/h3-7H,2,8-9H2,1H3. The molecule has 0 spiro atoms. The van der Waals surface area contributed by atoms with Crippen molar-refractivity contribution in [3.05, 3.63) is 45.5 Å². The van der Waals surface area contributed by atoms with E-state index in [1.165, 1.54) is 15.7 Å².